The Morgan fingerprint density at radius 1 is 1.15 bits per heavy atom. The van der Waals surface area contributed by atoms with E-state index in [1.165, 1.54) is 18.0 Å². The number of carbonyl (C=O) groups is 2. The highest BCUT2D eigenvalue weighted by Crippen LogP contribution is 2.36. The summed E-state index contributed by atoms with van der Waals surface area (Å²) in [5.41, 5.74) is 2.14. The number of ether oxygens (including phenoxy) is 1. The molecule has 0 saturated carbocycles. The van der Waals surface area contributed by atoms with Gasteiger partial charge >= 0.3 is 5.97 Å². The molecule has 0 fully saturated rings. The van der Waals surface area contributed by atoms with E-state index in [9.17, 15) is 9.59 Å². The molecule has 1 aliphatic rings. The predicted octanol–water partition coefficient (Wildman–Crippen LogP) is 3.89. The van der Waals surface area contributed by atoms with Crippen LogP contribution in [0.4, 0.5) is 5.69 Å². The van der Waals surface area contributed by atoms with Gasteiger partial charge in [-0.25, -0.2) is 4.98 Å². The lowest BCUT2D eigenvalue weighted by Crippen LogP contribution is -2.31. The molecule has 1 aliphatic heterocycles. The summed E-state index contributed by atoms with van der Waals surface area (Å²) in [4.78, 5) is 29.6. The summed E-state index contributed by atoms with van der Waals surface area (Å²) < 4.78 is 10.7. The lowest BCUT2D eigenvalue weighted by Gasteiger charge is -2.23. The zero-order valence-electron chi connectivity index (χ0n) is 14.3. The van der Waals surface area contributed by atoms with E-state index in [1.807, 2.05) is 54.6 Å². The van der Waals surface area contributed by atoms with E-state index in [0.717, 1.165) is 16.1 Å². The fourth-order valence-electron chi connectivity index (χ4n) is 2.68. The summed E-state index contributed by atoms with van der Waals surface area (Å²) in [5, 5.41) is 2.31. The standard InChI is InChI=1S/C20H16N2O4S/c23-18(10-17-19(24)22-15-8-4-5-9-16(15)27-17)25-11-14-12-26-20(21-14)13-6-2-1-3-7-13/h1-9,12,17H,10-11H2,(H,22,24). The normalized spacial score (nSPS) is 15.7. The molecule has 0 bridgehead atoms. The molecule has 1 amide bonds. The SMILES string of the molecule is O=C(CC1Sc2ccccc2NC1=O)OCc1coc(-c2ccccc2)n1. The van der Waals surface area contributed by atoms with Crippen molar-refractivity contribution in [3.63, 3.8) is 0 Å². The molecule has 2 heterocycles. The number of nitrogens with zero attached hydrogens (tertiary/aromatic N) is 1. The van der Waals surface area contributed by atoms with Crippen molar-refractivity contribution < 1.29 is 18.7 Å². The molecule has 3 aromatic rings. The van der Waals surface area contributed by atoms with Crippen LogP contribution in [0.2, 0.25) is 0 Å². The number of thioether (sulfide) groups is 1. The number of hydrogen-bond acceptors (Lipinski definition) is 6. The maximum Gasteiger partial charge on any atom is 0.307 e. The minimum atomic E-state index is -0.510. The van der Waals surface area contributed by atoms with Gasteiger partial charge in [0.25, 0.3) is 0 Å². The Morgan fingerprint density at radius 3 is 2.78 bits per heavy atom. The molecule has 1 atom stereocenters. The van der Waals surface area contributed by atoms with Crippen molar-refractivity contribution in [3.8, 4) is 11.5 Å². The molecule has 0 saturated heterocycles. The molecule has 4 rings (SSSR count). The van der Waals surface area contributed by atoms with Crippen LogP contribution >= 0.6 is 11.8 Å². The topological polar surface area (TPSA) is 81.4 Å². The summed E-state index contributed by atoms with van der Waals surface area (Å²) in [5.74, 6) is -0.171. The maximum atomic E-state index is 12.2. The fourth-order valence-corrected chi connectivity index (χ4v) is 3.77. The quantitative estimate of drug-likeness (QED) is 0.677. The van der Waals surface area contributed by atoms with Gasteiger partial charge in [-0.1, -0.05) is 30.3 Å². The van der Waals surface area contributed by atoms with E-state index in [2.05, 4.69) is 10.3 Å². The lowest BCUT2D eigenvalue weighted by atomic mass is 10.2. The Labute approximate surface area is 159 Å². The molecule has 0 spiro atoms. The molecule has 2 aromatic carbocycles. The van der Waals surface area contributed by atoms with E-state index in [1.54, 1.807) is 0 Å². The number of amides is 1. The minimum absolute atomic E-state index is 0.00472. The van der Waals surface area contributed by atoms with Crippen molar-refractivity contribution in [2.75, 3.05) is 5.32 Å². The Hall–Kier alpha value is -3.06. The van der Waals surface area contributed by atoms with Crippen molar-refractivity contribution >= 4 is 29.3 Å². The molecule has 0 radical (unpaired) electrons. The largest absolute Gasteiger partial charge is 0.459 e. The van der Waals surface area contributed by atoms with Crippen molar-refractivity contribution in [2.45, 2.75) is 23.2 Å². The molecular weight excluding hydrogens is 364 g/mol. The summed E-state index contributed by atoms with van der Waals surface area (Å²) in [7, 11) is 0. The second-order valence-corrected chi connectivity index (χ2v) is 7.21. The third-order valence-electron chi connectivity index (χ3n) is 4.01. The number of rotatable bonds is 5. The predicted molar refractivity (Wildman–Crippen MR) is 101 cm³/mol. The van der Waals surface area contributed by atoms with Crippen LogP contribution in [-0.4, -0.2) is 22.1 Å². The van der Waals surface area contributed by atoms with Gasteiger partial charge < -0.3 is 14.5 Å². The van der Waals surface area contributed by atoms with E-state index in [4.69, 9.17) is 9.15 Å². The zero-order valence-corrected chi connectivity index (χ0v) is 15.1. The molecular formula is C20H16N2O4S. The molecule has 136 valence electrons. The van der Waals surface area contributed by atoms with Crippen LogP contribution in [0.15, 0.2) is 70.2 Å². The summed E-state index contributed by atoms with van der Waals surface area (Å²) in [6.45, 7) is 0.00472. The second-order valence-electron chi connectivity index (χ2n) is 5.97. The molecule has 1 N–H and O–H groups in total. The number of hydrogen-bond donors (Lipinski definition) is 1. The van der Waals surface area contributed by atoms with Crippen LogP contribution in [0.3, 0.4) is 0 Å². The van der Waals surface area contributed by atoms with Gasteiger partial charge in [0.1, 0.15) is 18.6 Å². The average Bonchev–Trinajstić information content (AvgIpc) is 3.17. The van der Waals surface area contributed by atoms with E-state index >= 15 is 0 Å². The van der Waals surface area contributed by atoms with Gasteiger partial charge in [-0.3, -0.25) is 9.59 Å². The number of para-hydroxylation sites is 1. The molecule has 1 unspecified atom stereocenters. The van der Waals surface area contributed by atoms with Gasteiger partial charge in [-0.2, -0.15) is 0 Å². The molecule has 7 heteroatoms. The Balaban J connectivity index is 1.33. The highest BCUT2D eigenvalue weighted by molar-refractivity contribution is 8.01. The first-order valence-corrected chi connectivity index (χ1v) is 9.29. The van der Waals surface area contributed by atoms with Gasteiger partial charge in [0.05, 0.1) is 17.4 Å². The van der Waals surface area contributed by atoms with Crippen molar-refractivity contribution in [2.24, 2.45) is 0 Å². The molecule has 6 nitrogen and oxygen atoms in total. The molecule has 1 aromatic heterocycles. The first-order valence-electron chi connectivity index (χ1n) is 8.41. The molecule has 27 heavy (non-hydrogen) atoms. The van der Waals surface area contributed by atoms with Crippen molar-refractivity contribution in [3.05, 3.63) is 66.6 Å². The van der Waals surface area contributed by atoms with E-state index in [-0.39, 0.29) is 18.9 Å². The number of aromatic nitrogens is 1. The Morgan fingerprint density at radius 2 is 1.93 bits per heavy atom. The van der Waals surface area contributed by atoms with Crippen LogP contribution < -0.4 is 5.32 Å². The highest BCUT2D eigenvalue weighted by Gasteiger charge is 2.29. The second kappa shape index (κ2) is 7.67. The zero-order chi connectivity index (χ0) is 18.6. The van der Waals surface area contributed by atoms with E-state index < -0.39 is 11.2 Å². The van der Waals surface area contributed by atoms with Crippen LogP contribution in [0.1, 0.15) is 12.1 Å². The maximum absolute atomic E-state index is 12.2. The number of fused-ring (bicyclic) bond motifs is 1. The van der Waals surface area contributed by atoms with Crippen molar-refractivity contribution in [1.29, 1.82) is 0 Å². The minimum Gasteiger partial charge on any atom is -0.459 e. The number of oxazole rings is 1. The number of carbonyl (C=O) groups excluding carboxylic acids is 2. The number of anilines is 1. The van der Waals surface area contributed by atoms with Gasteiger partial charge in [-0.15, -0.1) is 11.8 Å². The third kappa shape index (κ3) is 4.03. The summed E-state index contributed by atoms with van der Waals surface area (Å²) in [6, 6.07) is 17.0. The fraction of sp³-hybridized carbons (Fsp3) is 0.150. The average molecular weight is 380 g/mol. The number of benzene rings is 2. The summed E-state index contributed by atoms with van der Waals surface area (Å²) >= 11 is 1.37. The smallest absolute Gasteiger partial charge is 0.307 e. The van der Waals surface area contributed by atoms with Crippen LogP contribution in [-0.2, 0) is 20.9 Å². The monoisotopic (exact) mass is 380 g/mol. The highest BCUT2D eigenvalue weighted by atomic mass is 32.2. The number of esters is 1. The third-order valence-corrected chi connectivity index (χ3v) is 5.29. The summed E-state index contributed by atoms with van der Waals surface area (Å²) in [6.07, 6.45) is 1.46. The molecule has 0 aliphatic carbocycles. The first-order chi connectivity index (χ1) is 13.2. The lowest BCUT2D eigenvalue weighted by molar-refractivity contribution is -0.145. The van der Waals surface area contributed by atoms with Gasteiger partial charge in [0.2, 0.25) is 11.8 Å². The van der Waals surface area contributed by atoms with Gasteiger partial charge in [-0.05, 0) is 24.3 Å². The Kier molecular flexibility index (Phi) is 4.93. The van der Waals surface area contributed by atoms with Gasteiger partial charge in [0, 0.05) is 10.5 Å². The van der Waals surface area contributed by atoms with Crippen molar-refractivity contribution in [1.82, 2.24) is 4.98 Å². The van der Waals surface area contributed by atoms with Crippen LogP contribution in [0.25, 0.3) is 11.5 Å². The first kappa shape index (κ1) is 17.4. The van der Waals surface area contributed by atoms with Gasteiger partial charge in [0.15, 0.2) is 0 Å². The van der Waals surface area contributed by atoms with E-state index in [0.29, 0.717) is 11.6 Å². The van der Waals surface area contributed by atoms with Crippen LogP contribution in [0.5, 0.6) is 0 Å². The number of nitrogens with one attached hydrogen (secondary N) is 1. The Bertz CT molecular complexity index is 971. The van der Waals surface area contributed by atoms with Crippen LogP contribution in [0, 0.1) is 0 Å².